The van der Waals surface area contributed by atoms with Crippen molar-refractivity contribution in [1.29, 1.82) is 0 Å². The molecule has 5 heteroatoms. The fourth-order valence-corrected chi connectivity index (χ4v) is 1.28. The fraction of sp³-hybridized carbons (Fsp3) is 0.111. The van der Waals surface area contributed by atoms with Gasteiger partial charge in [0.25, 0.3) is 0 Å². The summed E-state index contributed by atoms with van der Waals surface area (Å²) >= 11 is 0. The average Bonchev–Trinajstić information content (AvgIpc) is 2.59. The highest BCUT2D eigenvalue weighted by Crippen LogP contribution is 2.14. The van der Waals surface area contributed by atoms with Crippen molar-refractivity contribution in [3.05, 3.63) is 23.9 Å². The van der Waals surface area contributed by atoms with Crippen LogP contribution in [0.1, 0.15) is 10.4 Å². The van der Waals surface area contributed by atoms with E-state index in [0.717, 1.165) is 5.52 Å². The number of esters is 1. The molecular weight excluding hydrogens is 179 g/mol. The quantitative estimate of drug-likeness (QED) is 0.509. The number of pyridine rings is 1. The van der Waals surface area contributed by atoms with Gasteiger partial charge in [-0.05, 0) is 17.7 Å². The van der Waals surface area contributed by atoms with E-state index in [1.807, 2.05) is 0 Å². The third-order valence-electron chi connectivity index (χ3n) is 1.95. The van der Waals surface area contributed by atoms with Gasteiger partial charge in [0.15, 0.2) is 0 Å². The number of nitrogens with one attached hydrogen (secondary N) is 1. The standard InChI is InChI=1S/C9H7BN2O2/c1-14-9(13)5-4-11-6-2-3-7(10)12-8(5)6/h2-4,11H,1H3. The van der Waals surface area contributed by atoms with Crippen molar-refractivity contribution in [3.63, 3.8) is 0 Å². The number of ether oxygens (including phenoxy) is 1. The van der Waals surface area contributed by atoms with Gasteiger partial charge in [0, 0.05) is 6.20 Å². The number of carbonyl (C=O) groups excluding carboxylic acids is 1. The van der Waals surface area contributed by atoms with Crippen molar-refractivity contribution in [2.75, 3.05) is 7.11 Å². The Morgan fingerprint density at radius 2 is 2.36 bits per heavy atom. The molecule has 0 aromatic carbocycles. The van der Waals surface area contributed by atoms with Crippen molar-refractivity contribution in [2.45, 2.75) is 0 Å². The van der Waals surface area contributed by atoms with E-state index in [-0.39, 0.29) is 0 Å². The highest BCUT2D eigenvalue weighted by molar-refractivity contribution is 6.31. The summed E-state index contributed by atoms with van der Waals surface area (Å²) in [5.41, 5.74) is 2.08. The molecule has 2 aromatic rings. The normalized spacial score (nSPS) is 10.4. The van der Waals surface area contributed by atoms with E-state index in [4.69, 9.17) is 7.85 Å². The molecule has 14 heavy (non-hydrogen) atoms. The van der Waals surface area contributed by atoms with Crippen molar-refractivity contribution >= 4 is 30.4 Å². The van der Waals surface area contributed by atoms with Gasteiger partial charge in [-0.25, -0.2) is 4.79 Å². The maximum Gasteiger partial charge on any atom is 0.341 e. The second-order valence-corrected chi connectivity index (χ2v) is 2.83. The smallest absolute Gasteiger partial charge is 0.341 e. The molecule has 0 saturated carbocycles. The molecule has 0 atom stereocenters. The molecule has 2 aromatic heterocycles. The highest BCUT2D eigenvalue weighted by atomic mass is 16.5. The third-order valence-corrected chi connectivity index (χ3v) is 1.95. The Morgan fingerprint density at radius 3 is 3.07 bits per heavy atom. The van der Waals surface area contributed by atoms with Crippen LogP contribution in [0.15, 0.2) is 18.3 Å². The molecule has 4 nitrogen and oxygen atoms in total. The van der Waals surface area contributed by atoms with Crippen molar-refractivity contribution in [2.24, 2.45) is 0 Å². The monoisotopic (exact) mass is 186 g/mol. The van der Waals surface area contributed by atoms with E-state index in [1.54, 1.807) is 18.3 Å². The summed E-state index contributed by atoms with van der Waals surface area (Å²) in [6.07, 6.45) is 1.56. The van der Waals surface area contributed by atoms with Gasteiger partial charge >= 0.3 is 5.97 Å². The highest BCUT2D eigenvalue weighted by Gasteiger charge is 2.12. The zero-order valence-corrected chi connectivity index (χ0v) is 7.57. The van der Waals surface area contributed by atoms with Crippen LogP contribution in [0.2, 0.25) is 0 Å². The predicted octanol–water partition coefficient (Wildman–Crippen LogP) is 0.143. The molecule has 0 saturated heterocycles. The van der Waals surface area contributed by atoms with Gasteiger partial charge in [0.1, 0.15) is 18.9 Å². The van der Waals surface area contributed by atoms with Gasteiger partial charge < -0.3 is 9.72 Å². The number of fused-ring (bicyclic) bond motifs is 1. The van der Waals surface area contributed by atoms with Crippen LogP contribution in [0.4, 0.5) is 0 Å². The number of aromatic amines is 1. The zero-order valence-electron chi connectivity index (χ0n) is 7.57. The molecule has 0 amide bonds. The van der Waals surface area contributed by atoms with Gasteiger partial charge in [-0.3, -0.25) is 4.98 Å². The van der Waals surface area contributed by atoms with Crippen LogP contribution < -0.4 is 5.59 Å². The van der Waals surface area contributed by atoms with Gasteiger partial charge in [-0.15, -0.1) is 0 Å². The number of carbonyl (C=O) groups is 1. The minimum absolute atomic E-state index is 0.377. The Morgan fingerprint density at radius 1 is 1.57 bits per heavy atom. The Kier molecular flexibility index (Phi) is 2.00. The second-order valence-electron chi connectivity index (χ2n) is 2.83. The maximum atomic E-state index is 11.3. The van der Waals surface area contributed by atoms with Crippen LogP contribution in [0.3, 0.4) is 0 Å². The van der Waals surface area contributed by atoms with E-state index in [0.29, 0.717) is 16.7 Å². The summed E-state index contributed by atoms with van der Waals surface area (Å²) in [4.78, 5) is 18.2. The summed E-state index contributed by atoms with van der Waals surface area (Å²) in [7, 11) is 6.84. The first-order valence-corrected chi connectivity index (χ1v) is 4.04. The van der Waals surface area contributed by atoms with E-state index in [9.17, 15) is 4.79 Å². The molecule has 0 unspecified atom stereocenters. The van der Waals surface area contributed by atoms with Gasteiger partial charge in [-0.2, -0.15) is 0 Å². The van der Waals surface area contributed by atoms with Crippen LogP contribution in [-0.4, -0.2) is 30.9 Å². The first-order chi connectivity index (χ1) is 6.72. The number of H-pyrrole nitrogens is 1. The minimum atomic E-state index is -0.422. The van der Waals surface area contributed by atoms with Gasteiger partial charge in [0.05, 0.1) is 12.6 Å². The Bertz CT molecular complexity index is 493. The molecular formula is C9H7BN2O2. The van der Waals surface area contributed by atoms with E-state index in [1.165, 1.54) is 7.11 Å². The van der Waals surface area contributed by atoms with Gasteiger partial charge in [-0.1, -0.05) is 0 Å². The topological polar surface area (TPSA) is 55.0 Å². The number of methoxy groups -OCH3 is 1. The first-order valence-electron chi connectivity index (χ1n) is 4.04. The Labute approximate surface area is 81.7 Å². The van der Waals surface area contributed by atoms with E-state index in [2.05, 4.69) is 14.7 Å². The van der Waals surface area contributed by atoms with Crippen molar-refractivity contribution in [1.82, 2.24) is 9.97 Å². The Hall–Kier alpha value is -1.78. The largest absolute Gasteiger partial charge is 0.465 e. The molecule has 0 aliphatic carbocycles. The minimum Gasteiger partial charge on any atom is -0.465 e. The molecule has 2 radical (unpaired) electrons. The average molecular weight is 186 g/mol. The molecule has 1 N–H and O–H groups in total. The summed E-state index contributed by atoms with van der Waals surface area (Å²) in [5, 5.41) is 0. The lowest BCUT2D eigenvalue weighted by Gasteiger charge is -1.96. The van der Waals surface area contributed by atoms with Gasteiger partial charge in [0.2, 0.25) is 0 Å². The van der Waals surface area contributed by atoms with Crippen molar-refractivity contribution < 1.29 is 9.53 Å². The number of nitrogens with zero attached hydrogens (tertiary/aromatic N) is 1. The number of hydrogen-bond donors (Lipinski definition) is 1. The molecule has 0 fully saturated rings. The van der Waals surface area contributed by atoms with Crippen LogP contribution in [0, 0.1) is 0 Å². The number of hydrogen-bond acceptors (Lipinski definition) is 3. The van der Waals surface area contributed by atoms with Crippen molar-refractivity contribution in [3.8, 4) is 0 Å². The molecule has 68 valence electrons. The molecule has 0 bridgehead atoms. The summed E-state index contributed by atoms with van der Waals surface area (Å²) < 4.78 is 4.60. The second kappa shape index (κ2) is 3.18. The summed E-state index contributed by atoms with van der Waals surface area (Å²) in [5.74, 6) is -0.422. The lowest BCUT2D eigenvalue weighted by molar-refractivity contribution is 0.0603. The van der Waals surface area contributed by atoms with E-state index < -0.39 is 5.97 Å². The lowest BCUT2D eigenvalue weighted by Crippen LogP contribution is -2.08. The predicted molar refractivity (Wildman–Crippen MR) is 52.8 cm³/mol. The maximum absolute atomic E-state index is 11.3. The summed E-state index contributed by atoms with van der Waals surface area (Å²) in [6, 6.07) is 3.43. The molecule has 0 spiro atoms. The number of rotatable bonds is 1. The lowest BCUT2D eigenvalue weighted by atomic mass is 10.0. The van der Waals surface area contributed by atoms with E-state index >= 15 is 0 Å². The molecule has 2 heterocycles. The molecule has 2 rings (SSSR count). The van der Waals surface area contributed by atoms with Crippen LogP contribution in [0.5, 0.6) is 0 Å². The van der Waals surface area contributed by atoms with Crippen LogP contribution in [0.25, 0.3) is 11.0 Å². The van der Waals surface area contributed by atoms with Crippen LogP contribution >= 0.6 is 0 Å². The fourth-order valence-electron chi connectivity index (χ4n) is 1.28. The SMILES string of the molecule is [B]c1ccc2[nH]cc(C(=O)OC)c2n1. The molecule has 0 aliphatic rings. The zero-order chi connectivity index (χ0) is 10.1. The number of aromatic nitrogens is 2. The summed E-state index contributed by atoms with van der Waals surface area (Å²) in [6.45, 7) is 0. The molecule has 0 aliphatic heterocycles. The first kappa shape index (κ1) is 8.81. The third kappa shape index (κ3) is 1.27. The Balaban J connectivity index is 2.67. The van der Waals surface area contributed by atoms with Crippen LogP contribution in [-0.2, 0) is 4.74 Å².